The number of furan rings is 1. The molecule has 0 fully saturated rings. The smallest absolute Gasteiger partial charge is 0.129 e. The van der Waals surface area contributed by atoms with Gasteiger partial charge in [-0.05, 0) is 24.3 Å². The average molecular weight is 275 g/mol. The summed E-state index contributed by atoms with van der Waals surface area (Å²) in [6.07, 6.45) is 1.60. The molecule has 2 nitrogen and oxygen atoms in total. The summed E-state index contributed by atoms with van der Waals surface area (Å²) in [6, 6.07) is 8.33. The highest BCUT2D eigenvalue weighted by Crippen LogP contribution is 2.18. The van der Waals surface area contributed by atoms with Gasteiger partial charge in [0.15, 0.2) is 0 Å². The van der Waals surface area contributed by atoms with Gasteiger partial charge < -0.3 is 22.1 Å². The lowest BCUT2D eigenvalue weighted by molar-refractivity contribution is -0.00000426. The zero-order valence-corrected chi connectivity index (χ0v) is 10.4. The molecule has 0 atom stereocenters. The van der Waals surface area contributed by atoms with Gasteiger partial charge in [-0.3, -0.25) is 0 Å². The molecule has 92 valence electrons. The predicted molar refractivity (Wildman–Crippen MR) is 60.7 cm³/mol. The van der Waals surface area contributed by atoms with Crippen LogP contribution in [-0.2, 0) is 13.1 Å². The molecule has 0 aliphatic carbocycles. The van der Waals surface area contributed by atoms with Gasteiger partial charge in [0.05, 0.1) is 12.8 Å². The molecule has 2 rings (SSSR count). The van der Waals surface area contributed by atoms with Crippen molar-refractivity contribution >= 4 is 11.6 Å². The van der Waals surface area contributed by atoms with Crippen LogP contribution in [0.15, 0.2) is 41.0 Å². The number of benzene rings is 1. The van der Waals surface area contributed by atoms with Gasteiger partial charge in [-0.2, -0.15) is 0 Å². The van der Waals surface area contributed by atoms with E-state index in [2.05, 4.69) is 5.32 Å². The summed E-state index contributed by atoms with van der Waals surface area (Å²) in [5.74, 6) is 0.520. The van der Waals surface area contributed by atoms with E-state index in [0.29, 0.717) is 23.7 Å². The van der Waals surface area contributed by atoms with Crippen LogP contribution in [-0.4, -0.2) is 0 Å². The third-order valence-corrected chi connectivity index (χ3v) is 2.60. The SMILES string of the molecule is Fc1cccc(Cl)c1CNCc1ccco1.[Cl-]. The molecule has 5 heteroatoms. The van der Waals surface area contributed by atoms with Crippen molar-refractivity contribution in [2.24, 2.45) is 0 Å². The number of nitrogens with one attached hydrogen (secondary N) is 1. The van der Waals surface area contributed by atoms with Crippen molar-refractivity contribution in [1.82, 2.24) is 5.32 Å². The van der Waals surface area contributed by atoms with E-state index in [0.717, 1.165) is 5.76 Å². The van der Waals surface area contributed by atoms with E-state index in [4.69, 9.17) is 16.0 Å². The van der Waals surface area contributed by atoms with Crippen LogP contribution in [0.2, 0.25) is 5.02 Å². The molecule has 0 radical (unpaired) electrons. The molecule has 17 heavy (non-hydrogen) atoms. The van der Waals surface area contributed by atoms with Crippen LogP contribution in [0.3, 0.4) is 0 Å². The molecule has 0 unspecified atom stereocenters. The van der Waals surface area contributed by atoms with Gasteiger partial charge in [0, 0.05) is 17.1 Å². The lowest BCUT2D eigenvalue weighted by Crippen LogP contribution is -3.00. The van der Waals surface area contributed by atoms with Gasteiger partial charge in [-0.25, -0.2) is 4.39 Å². The molecule has 0 saturated heterocycles. The number of halogens is 3. The zero-order valence-electron chi connectivity index (χ0n) is 8.92. The Morgan fingerprint density at radius 1 is 1.18 bits per heavy atom. The molecule has 1 N–H and O–H groups in total. The maximum atomic E-state index is 13.4. The fourth-order valence-corrected chi connectivity index (χ4v) is 1.65. The molecule has 0 aliphatic heterocycles. The highest BCUT2D eigenvalue weighted by Gasteiger charge is 2.06. The standard InChI is InChI=1S/C12H11ClFNO.ClH/c13-11-4-1-5-12(14)10(11)8-15-7-9-3-2-6-16-9;/h1-6,15H,7-8H2;1H/p-1. The summed E-state index contributed by atoms with van der Waals surface area (Å²) in [4.78, 5) is 0. The highest BCUT2D eigenvalue weighted by molar-refractivity contribution is 6.31. The lowest BCUT2D eigenvalue weighted by atomic mass is 10.2. The van der Waals surface area contributed by atoms with Crippen LogP contribution in [0.4, 0.5) is 4.39 Å². The van der Waals surface area contributed by atoms with Gasteiger partial charge in [-0.15, -0.1) is 0 Å². The van der Waals surface area contributed by atoms with E-state index >= 15 is 0 Å². The zero-order chi connectivity index (χ0) is 11.4. The third-order valence-electron chi connectivity index (χ3n) is 2.24. The van der Waals surface area contributed by atoms with E-state index in [9.17, 15) is 4.39 Å². The van der Waals surface area contributed by atoms with Crippen LogP contribution in [0, 0.1) is 5.82 Å². The summed E-state index contributed by atoms with van der Waals surface area (Å²) in [5, 5.41) is 3.50. The molecular formula is C12H11Cl2FNO-. The van der Waals surface area contributed by atoms with E-state index in [-0.39, 0.29) is 18.2 Å². The van der Waals surface area contributed by atoms with Crippen molar-refractivity contribution in [3.05, 3.63) is 58.8 Å². The molecule has 0 amide bonds. The molecule has 2 aromatic rings. The Morgan fingerprint density at radius 2 is 2.00 bits per heavy atom. The molecule has 0 bridgehead atoms. The van der Waals surface area contributed by atoms with Crippen molar-refractivity contribution in [3.63, 3.8) is 0 Å². The summed E-state index contributed by atoms with van der Waals surface area (Å²) >= 11 is 5.89. The maximum absolute atomic E-state index is 13.4. The Labute approximate surface area is 110 Å². The summed E-state index contributed by atoms with van der Waals surface area (Å²) in [7, 11) is 0. The molecule has 1 heterocycles. The highest BCUT2D eigenvalue weighted by atomic mass is 35.5. The van der Waals surface area contributed by atoms with Crippen molar-refractivity contribution in [2.45, 2.75) is 13.1 Å². The van der Waals surface area contributed by atoms with Crippen molar-refractivity contribution in [2.75, 3.05) is 0 Å². The number of hydrogen-bond donors (Lipinski definition) is 1. The minimum atomic E-state index is -0.292. The summed E-state index contributed by atoms with van der Waals surface area (Å²) in [6.45, 7) is 0.934. The first-order valence-corrected chi connectivity index (χ1v) is 5.31. The first-order valence-electron chi connectivity index (χ1n) is 4.93. The van der Waals surface area contributed by atoms with E-state index in [1.807, 2.05) is 12.1 Å². The van der Waals surface area contributed by atoms with E-state index < -0.39 is 0 Å². The largest absolute Gasteiger partial charge is 1.00 e. The van der Waals surface area contributed by atoms with Crippen LogP contribution in [0.25, 0.3) is 0 Å². The van der Waals surface area contributed by atoms with E-state index in [1.165, 1.54) is 6.07 Å². The molecule has 0 saturated carbocycles. The fourth-order valence-electron chi connectivity index (χ4n) is 1.43. The summed E-state index contributed by atoms with van der Waals surface area (Å²) in [5.41, 5.74) is 0.482. The monoisotopic (exact) mass is 274 g/mol. The van der Waals surface area contributed by atoms with Crippen LogP contribution >= 0.6 is 11.6 Å². The Hall–Kier alpha value is -1.03. The molecule has 0 spiro atoms. The molecular weight excluding hydrogens is 264 g/mol. The molecule has 0 aliphatic rings. The van der Waals surface area contributed by atoms with Gasteiger partial charge >= 0.3 is 0 Å². The van der Waals surface area contributed by atoms with Crippen molar-refractivity contribution in [1.29, 1.82) is 0 Å². The summed E-state index contributed by atoms with van der Waals surface area (Å²) < 4.78 is 18.5. The Balaban J connectivity index is 0.00000144. The molecule has 1 aromatic heterocycles. The second kappa shape index (κ2) is 6.64. The van der Waals surface area contributed by atoms with E-state index in [1.54, 1.807) is 18.4 Å². The average Bonchev–Trinajstić information content (AvgIpc) is 2.75. The van der Waals surface area contributed by atoms with Crippen LogP contribution < -0.4 is 17.7 Å². The fraction of sp³-hybridized carbons (Fsp3) is 0.167. The minimum Gasteiger partial charge on any atom is -1.00 e. The first-order chi connectivity index (χ1) is 7.77. The quantitative estimate of drug-likeness (QED) is 0.872. The topological polar surface area (TPSA) is 25.2 Å². The Bertz CT molecular complexity index is 439. The van der Waals surface area contributed by atoms with Crippen LogP contribution in [0.5, 0.6) is 0 Å². The lowest BCUT2D eigenvalue weighted by Gasteiger charge is -2.06. The number of hydrogen-bond acceptors (Lipinski definition) is 2. The van der Waals surface area contributed by atoms with Gasteiger partial charge in [0.25, 0.3) is 0 Å². The normalized spacial score (nSPS) is 10.0. The Morgan fingerprint density at radius 3 is 2.65 bits per heavy atom. The predicted octanol–water partition coefficient (Wildman–Crippen LogP) is 0.366. The van der Waals surface area contributed by atoms with Gasteiger partial charge in [0.2, 0.25) is 0 Å². The molecule has 1 aromatic carbocycles. The van der Waals surface area contributed by atoms with Gasteiger partial charge in [0.1, 0.15) is 11.6 Å². The first kappa shape index (κ1) is 14.0. The Kier molecular flexibility index (Phi) is 5.48. The third kappa shape index (κ3) is 3.73. The number of rotatable bonds is 4. The van der Waals surface area contributed by atoms with Crippen molar-refractivity contribution in [3.8, 4) is 0 Å². The van der Waals surface area contributed by atoms with Crippen LogP contribution in [0.1, 0.15) is 11.3 Å². The maximum Gasteiger partial charge on any atom is 0.129 e. The van der Waals surface area contributed by atoms with Crippen molar-refractivity contribution < 1.29 is 21.2 Å². The van der Waals surface area contributed by atoms with Gasteiger partial charge in [-0.1, -0.05) is 17.7 Å². The second-order valence-corrected chi connectivity index (χ2v) is 3.79. The second-order valence-electron chi connectivity index (χ2n) is 3.38. The minimum absolute atomic E-state index is 0.